The Morgan fingerprint density at radius 1 is 1.37 bits per heavy atom. The Morgan fingerprint density at radius 3 is 2.63 bits per heavy atom. The van der Waals surface area contributed by atoms with Gasteiger partial charge in [-0.15, -0.1) is 11.3 Å². The Labute approximate surface area is 116 Å². The van der Waals surface area contributed by atoms with Crippen molar-refractivity contribution in [1.29, 1.82) is 5.26 Å². The molecule has 1 saturated carbocycles. The molecule has 0 aliphatic heterocycles. The lowest BCUT2D eigenvalue weighted by molar-refractivity contribution is 0.00946. The van der Waals surface area contributed by atoms with Gasteiger partial charge in [0.25, 0.3) is 0 Å². The average molecular weight is 300 g/mol. The molecule has 1 aromatic rings. The van der Waals surface area contributed by atoms with E-state index in [1.54, 1.807) is 0 Å². The maximum absolute atomic E-state index is 12.0. The molecule has 1 heterocycles. The summed E-state index contributed by atoms with van der Waals surface area (Å²) in [4.78, 5) is 0.358. The van der Waals surface area contributed by atoms with E-state index in [4.69, 9.17) is 5.26 Å². The molecule has 0 saturated heterocycles. The Balaban J connectivity index is 2.03. The van der Waals surface area contributed by atoms with E-state index in [-0.39, 0.29) is 10.8 Å². The molecule has 0 spiro atoms. The molecule has 1 aliphatic rings. The second-order valence-electron chi connectivity index (χ2n) is 4.84. The van der Waals surface area contributed by atoms with Gasteiger partial charge in [0.05, 0.1) is 5.60 Å². The van der Waals surface area contributed by atoms with Crippen LogP contribution in [0.3, 0.4) is 0 Å². The number of nitrogens with one attached hydrogen (secondary N) is 1. The third-order valence-corrected chi connectivity index (χ3v) is 6.21. The first-order valence-corrected chi connectivity index (χ1v) is 8.47. The van der Waals surface area contributed by atoms with Crippen molar-refractivity contribution in [2.75, 3.05) is 6.54 Å². The van der Waals surface area contributed by atoms with Gasteiger partial charge in [-0.3, -0.25) is 0 Å². The second kappa shape index (κ2) is 5.59. The Kier molecular flexibility index (Phi) is 4.26. The third kappa shape index (κ3) is 3.54. The average Bonchev–Trinajstić information content (AvgIpc) is 2.87. The molecule has 5 nitrogen and oxygen atoms in total. The van der Waals surface area contributed by atoms with E-state index in [9.17, 15) is 13.5 Å². The summed E-state index contributed by atoms with van der Waals surface area (Å²) in [7, 11) is -3.63. The van der Waals surface area contributed by atoms with Crippen molar-refractivity contribution in [2.45, 2.75) is 41.9 Å². The molecule has 1 fully saturated rings. The summed E-state index contributed by atoms with van der Waals surface area (Å²) in [5.74, 6) is 0. The van der Waals surface area contributed by atoms with Crippen LogP contribution in [-0.2, 0) is 10.0 Å². The zero-order valence-corrected chi connectivity index (χ0v) is 12.1. The van der Waals surface area contributed by atoms with Crippen molar-refractivity contribution in [2.24, 2.45) is 0 Å². The van der Waals surface area contributed by atoms with E-state index in [2.05, 4.69) is 4.72 Å². The van der Waals surface area contributed by atoms with Crippen LogP contribution in [0.4, 0.5) is 0 Å². The first-order valence-electron chi connectivity index (χ1n) is 6.17. The van der Waals surface area contributed by atoms with Crippen molar-refractivity contribution in [3.8, 4) is 6.07 Å². The summed E-state index contributed by atoms with van der Waals surface area (Å²) in [5.41, 5.74) is -0.930. The van der Waals surface area contributed by atoms with Gasteiger partial charge in [-0.25, -0.2) is 13.1 Å². The Morgan fingerprint density at radius 2 is 2.05 bits per heavy atom. The lowest BCUT2D eigenvalue weighted by atomic mass is 9.85. The molecule has 0 aromatic carbocycles. The zero-order valence-electron chi connectivity index (χ0n) is 10.4. The van der Waals surface area contributed by atoms with Crippen molar-refractivity contribution >= 4 is 21.4 Å². The first kappa shape index (κ1) is 14.5. The van der Waals surface area contributed by atoms with Crippen molar-refractivity contribution < 1.29 is 13.5 Å². The van der Waals surface area contributed by atoms with Gasteiger partial charge in [0, 0.05) is 6.54 Å². The van der Waals surface area contributed by atoms with Gasteiger partial charge in [0.15, 0.2) is 0 Å². The molecule has 2 N–H and O–H groups in total. The maximum Gasteiger partial charge on any atom is 0.250 e. The van der Waals surface area contributed by atoms with Crippen molar-refractivity contribution in [1.82, 2.24) is 4.72 Å². The molecule has 0 amide bonds. The van der Waals surface area contributed by atoms with Crippen LogP contribution in [0.25, 0.3) is 0 Å². The van der Waals surface area contributed by atoms with E-state index in [1.807, 2.05) is 6.07 Å². The second-order valence-corrected chi connectivity index (χ2v) is 7.92. The summed E-state index contributed by atoms with van der Waals surface area (Å²) in [6.45, 7) is 0.0368. The van der Waals surface area contributed by atoms with E-state index in [0.717, 1.165) is 30.6 Å². The predicted octanol–water partition coefficient (Wildman–Crippen LogP) is 1.59. The number of hydrogen-bond acceptors (Lipinski definition) is 5. The van der Waals surface area contributed by atoms with Crippen LogP contribution in [0.2, 0.25) is 0 Å². The van der Waals surface area contributed by atoms with Crippen LogP contribution in [0.5, 0.6) is 0 Å². The number of rotatable bonds is 4. The minimum atomic E-state index is -3.63. The summed E-state index contributed by atoms with van der Waals surface area (Å²) in [6.07, 6.45) is 4.20. The van der Waals surface area contributed by atoms with Crippen LogP contribution in [0, 0.1) is 11.3 Å². The molecule has 1 aromatic heterocycles. The summed E-state index contributed by atoms with van der Waals surface area (Å²) >= 11 is 0.932. The molecule has 7 heteroatoms. The normalized spacial score (nSPS) is 18.9. The van der Waals surface area contributed by atoms with Gasteiger partial charge >= 0.3 is 0 Å². The van der Waals surface area contributed by atoms with Crippen LogP contribution >= 0.6 is 11.3 Å². The Hall–Kier alpha value is -0.940. The standard InChI is InChI=1S/C12H16N2O3S2/c13-8-10-4-5-11(18-10)19(16,17)14-9-12(15)6-2-1-3-7-12/h4-5,14-15H,1-3,6-7,9H2. The Bertz CT molecular complexity index is 580. The fraction of sp³-hybridized carbons (Fsp3) is 0.583. The number of aliphatic hydroxyl groups is 1. The molecule has 1 aliphatic carbocycles. The van der Waals surface area contributed by atoms with E-state index < -0.39 is 15.6 Å². The van der Waals surface area contributed by atoms with Crippen LogP contribution in [0.1, 0.15) is 37.0 Å². The van der Waals surface area contributed by atoms with Gasteiger partial charge in [-0.05, 0) is 25.0 Å². The zero-order chi connectivity index (χ0) is 13.9. The smallest absolute Gasteiger partial charge is 0.250 e. The number of sulfonamides is 1. The largest absolute Gasteiger partial charge is 0.389 e. The highest BCUT2D eigenvalue weighted by Crippen LogP contribution is 2.28. The molecular weight excluding hydrogens is 284 g/mol. The fourth-order valence-electron chi connectivity index (χ4n) is 2.21. The topological polar surface area (TPSA) is 90.2 Å². The van der Waals surface area contributed by atoms with E-state index in [1.165, 1.54) is 12.1 Å². The fourth-order valence-corrected chi connectivity index (χ4v) is 4.48. The minimum Gasteiger partial charge on any atom is -0.389 e. The van der Waals surface area contributed by atoms with Crippen LogP contribution < -0.4 is 4.72 Å². The predicted molar refractivity (Wildman–Crippen MR) is 72.3 cm³/mol. The van der Waals surface area contributed by atoms with Crippen LogP contribution in [0.15, 0.2) is 16.3 Å². The lowest BCUT2D eigenvalue weighted by Gasteiger charge is -2.31. The molecule has 0 atom stereocenters. The van der Waals surface area contributed by atoms with Crippen LogP contribution in [-0.4, -0.2) is 25.7 Å². The van der Waals surface area contributed by atoms with Crippen molar-refractivity contribution in [3.05, 3.63) is 17.0 Å². The molecule has 19 heavy (non-hydrogen) atoms. The SMILES string of the molecule is N#Cc1ccc(S(=O)(=O)NCC2(O)CCCCC2)s1. The maximum atomic E-state index is 12.0. The number of nitriles is 1. The molecule has 0 bridgehead atoms. The van der Waals surface area contributed by atoms with Gasteiger partial charge in [0.2, 0.25) is 10.0 Å². The van der Waals surface area contributed by atoms with Crippen molar-refractivity contribution in [3.63, 3.8) is 0 Å². The van der Waals surface area contributed by atoms with Gasteiger partial charge in [0.1, 0.15) is 15.2 Å². The molecule has 0 radical (unpaired) electrons. The van der Waals surface area contributed by atoms with Gasteiger partial charge in [-0.2, -0.15) is 5.26 Å². The van der Waals surface area contributed by atoms with E-state index >= 15 is 0 Å². The minimum absolute atomic E-state index is 0.0368. The highest BCUT2D eigenvalue weighted by molar-refractivity contribution is 7.91. The quantitative estimate of drug-likeness (QED) is 0.883. The first-order chi connectivity index (χ1) is 8.95. The third-order valence-electron chi connectivity index (χ3n) is 3.33. The summed E-state index contributed by atoms with van der Waals surface area (Å²) in [5, 5.41) is 19.0. The number of thiophene rings is 1. The monoisotopic (exact) mass is 300 g/mol. The lowest BCUT2D eigenvalue weighted by Crippen LogP contribution is -2.44. The molecular formula is C12H16N2O3S2. The number of nitrogens with zero attached hydrogens (tertiary/aromatic N) is 1. The molecule has 104 valence electrons. The molecule has 0 unspecified atom stereocenters. The summed E-state index contributed by atoms with van der Waals surface area (Å²) in [6, 6.07) is 4.80. The highest BCUT2D eigenvalue weighted by atomic mass is 32.2. The highest BCUT2D eigenvalue weighted by Gasteiger charge is 2.31. The van der Waals surface area contributed by atoms with Gasteiger partial charge < -0.3 is 5.11 Å². The van der Waals surface area contributed by atoms with E-state index in [0.29, 0.717) is 17.7 Å². The molecule has 2 rings (SSSR count). The summed E-state index contributed by atoms with van der Waals surface area (Å²) < 4.78 is 26.6. The number of hydrogen-bond donors (Lipinski definition) is 2. The van der Waals surface area contributed by atoms with Gasteiger partial charge in [-0.1, -0.05) is 19.3 Å².